The van der Waals surface area contributed by atoms with Crippen LogP contribution in [-0.2, 0) is 9.53 Å². The molecule has 4 heteroatoms. The van der Waals surface area contributed by atoms with E-state index in [2.05, 4.69) is 0 Å². The van der Waals surface area contributed by atoms with Gasteiger partial charge in [-0.15, -0.1) is 0 Å². The summed E-state index contributed by atoms with van der Waals surface area (Å²) >= 11 is 0. The second kappa shape index (κ2) is 6.61. The lowest BCUT2D eigenvalue weighted by atomic mass is 10.00. The van der Waals surface area contributed by atoms with Crippen LogP contribution in [-0.4, -0.2) is 24.8 Å². The molecule has 0 aromatic heterocycles. The number of para-hydroxylation sites is 1. The molecular weight excluding hydrogens is 256 g/mol. The van der Waals surface area contributed by atoms with Gasteiger partial charge >= 0.3 is 5.97 Å². The number of methoxy groups -OCH3 is 1. The van der Waals surface area contributed by atoms with Gasteiger partial charge < -0.3 is 14.6 Å². The number of aromatic hydroxyl groups is 1. The zero-order chi connectivity index (χ0) is 14.4. The molecule has 0 saturated heterocycles. The van der Waals surface area contributed by atoms with E-state index in [0.717, 1.165) is 0 Å². The second-order valence-electron chi connectivity index (χ2n) is 4.29. The number of hydrogen-bond donors (Lipinski definition) is 1. The van der Waals surface area contributed by atoms with Crippen LogP contribution in [0.5, 0.6) is 11.5 Å². The average molecular weight is 272 g/mol. The first-order valence-corrected chi connectivity index (χ1v) is 6.25. The van der Waals surface area contributed by atoms with E-state index in [1.165, 1.54) is 13.2 Å². The van der Waals surface area contributed by atoms with Crippen LogP contribution in [0.1, 0.15) is 11.5 Å². The highest BCUT2D eigenvalue weighted by Gasteiger charge is 2.22. The minimum atomic E-state index is -0.577. The standard InChI is InChI=1S/C16H16O4/c1-19-16(18)15(12-6-5-7-13(17)10-12)11-20-14-8-3-2-4-9-14/h2-10,15,17H,11H2,1H3. The predicted molar refractivity (Wildman–Crippen MR) is 74.8 cm³/mol. The number of ether oxygens (including phenoxy) is 2. The van der Waals surface area contributed by atoms with Gasteiger partial charge in [-0.25, -0.2) is 0 Å². The van der Waals surface area contributed by atoms with Gasteiger partial charge in [0.25, 0.3) is 0 Å². The van der Waals surface area contributed by atoms with Crippen molar-refractivity contribution < 1.29 is 19.4 Å². The third-order valence-electron chi connectivity index (χ3n) is 2.92. The number of carbonyl (C=O) groups is 1. The van der Waals surface area contributed by atoms with Crippen LogP contribution in [0.15, 0.2) is 54.6 Å². The van der Waals surface area contributed by atoms with Crippen molar-refractivity contribution in [1.29, 1.82) is 0 Å². The van der Waals surface area contributed by atoms with E-state index in [-0.39, 0.29) is 12.4 Å². The predicted octanol–water partition coefficient (Wildman–Crippen LogP) is 2.73. The maximum absolute atomic E-state index is 11.9. The van der Waals surface area contributed by atoms with Crippen molar-refractivity contribution in [2.75, 3.05) is 13.7 Å². The Morgan fingerprint density at radius 3 is 2.55 bits per heavy atom. The lowest BCUT2D eigenvalue weighted by Gasteiger charge is -2.16. The van der Waals surface area contributed by atoms with Crippen molar-refractivity contribution in [2.24, 2.45) is 0 Å². The topological polar surface area (TPSA) is 55.8 Å². The summed E-state index contributed by atoms with van der Waals surface area (Å²) in [4.78, 5) is 11.9. The third-order valence-corrected chi connectivity index (χ3v) is 2.92. The molecule has 0 radical (unpaired) electrons. The largest absolute Gasteiger partial charge is 0.508 e. The van der Waals surface area contributed by atoms with Gasteiger partial charge in [-0.05, 0) is 29.8 Å². The maximum Gasteiger partial charge on any atom is 0.316 e. The monoisotopic (exact) mass is 272 g/mol. The van der Waals surface area contributed by atoms with E-state index in [4.69, 9.17) is 9.47 Å². The summed E-state index contributed by atoms with van der Waals surface area (Å²) in [5, 5.41) is 9.51. The van der Waals surface area contributed by atoms with Gasteiger partial charge in [0.2, 0.25) is 0 Å². The summed E-state index contributed by atoms with van der Waals surface area (Å²) in [7, 11) is 1.33. The fourth-order valence-electron chi connectivity index (χ4n) is 1.88. The SMILES string of the molecule is COC(=O)C(COc1ccccc1)c1cccc(O)c1. The number of hydrogen-bond acceptors (Lipinski definition) is 4. The number of rotatable bonds is 5. The molecule has 0 aliphatic rings. The van der Waals surface area contributed by atoms with Gasteiger partial charge in [-0.2, -0.15) is 0 Å². The third kappa shape index (κ3) is 3.51. The summed E-state index contributed by atoms with van der Waals surface area (Å²) in [5.74, 6) is -0.184. The minimum absolute atomic E-state index is 0.108. The van der Waals surface area contributed by atoms with E-state index >= 15 is 0 Å². The van der Waals surface area contributed by atoms with Gasteiger partial charge in [-0.3, -0.25) is 4.79 Å². The molecular formula is C16H16O4. The van der Waals surface area contributed by atoms with Crippen molar-refractivity contribution in [2.45, 2.75) is 5.92 Å². The Morgan fingerprint density at radius 1 is 1.15 bits per heavy atom. The Kier molecular flexibility index (Phi) is 4.60. The molecule has 2 aromatic rings. The fraction of sp³-hybridized carbons (Fsp3) is 0.188. The van der Waals surface area contributed by atoms with Crippen LogP contribution < -0.4 is 4.74 Å². The van der Waals surface area contributed by atoms with E-state index in [1.807, 2.05) is 30.3 Å². The quantitative estimate of drug-likeness (QED) is 0.850. The van der Waals surface area contributed by atoms with Gasteiger partial charge in [0, 0.05) is 0 Å². The molecule has 2 rings (SSSR count). The van der Waals surface area contributed by atoms with Crippen LogP contribution in [0.3, 0.4) is 0 Å². The number of benzene rings is 2. The summed E-state index contributed by atoms with van der Waals surface area (Å²) in [6.07, 6.45) is 0. The molecule has 1 N–H and O–H groups in total. The first-order valence-electron chi connectivity index (χ1n) is 6.25. The van der Waals surface area contributed by atoms with Gasteiger partial charge in [0.15, 0.2) is 0 Å². The Hall–Kier alpha value is -2.49. The van der Waals surface area contributed by atoms with E-state index in [9.17, 15) is 9.90 Å². The van der Waals surface area contributed by atoms with Gasteiger partial charge in [0.1, 0.15) is 24.0 Å². The van der Waals surface area contributed by atoms with Crippen LogP contribution >= 0.6 is 0 Å². The number of phenols is 1. The highest BCUT2D eigenvalue weighted by molar-refractivity contribution is 5.78. The Bertz CT molecular complexity index is 566. The first kappa shape index (κ1) is 13.9. The summed E-state index contributed by atoms with van der Waals surface area (Å²) in [5.41, 5.74) is 0.660. The second-order valence-corrected chi connectivity index (χ2v) is 4.29. The molecule has 0 aliphatic heterocycles. The van der Waals surface area contributed by atoms with E-state index in [1.54, 1.807) is 18.2 Å². The highest BCUT2D eigenvalue weighted by atomic mass is 16.5. The van der Waals surface area contributed by atoms with E-state index in [0.29, 0.717) is 11.3 Å². The lowest BCUT2D eigenvalue weighted by Crippen LogP contribution is -2.21. The van der Waals surface area contributed by atoms with Crippen molar-refractivity contribution in [1.82, 2.24) is 0 Å². The molecule has 0 fully saturated rings. The summed E-state index contributed by atoms with van der Waals surface area (Å²) in [6.45, 7) is 0.153. The smallest absolute Gasteiger partial charge is 0.316 e. The first-order chi connectivity index (χ1) is 9.70. The molecule has 0 spiro atoms. The molecule has 1 atom stereocenters. The van der Waals surface area contributed by atoms with Crippen LogP contribution in [0, 0.1) is 0 Å². The molecule has 4 nitrogen and oxygen atoms in total. The molecule has 0 bridgehead atoms. The molecule has 1 unspecified atom stereocenters. The molecule has 104 valence electrons. The van der Waals surface area contributed by atoms with Crippen molar-refractivity contribution in [3.05, 3.63) is 60.2 Å². The molecule has 2 aromatic carbocycles. The van der Waals surface area contributed by atoms with Crippen LogP contribution in [0.4, 0.5) is 0 Å². The molecule has 0 heterocycles. The minimum Gasteiger partial charge on any atom is -0.508 e. The highest BCUT2D eigenvalue weighted by Crippen LogP contribution is 2.23. The lowest BCUT2D eigenvalue weighted by molar-refractivity contribution is -0.143. The maximum atomic E-state index is 11.9. The Balaban J connectivity index is 2.14. The number of esters is 1. The van der Waals surface area contributed by atoms with Gasteiger partial charge in [-0.1, -0.05) is 30.3 Å². The molecule has 0 amide bonds. The summed E-state index contributed by atoms with van der Waals surface area (Å²) < 4.78 is 10.4. The molecule has 20 heavy (non-hydrogen) atoms. The van der Waals surface area contributed by atoms with Crippen LogP contribution in [0.2, 0.25) is 0 Å². The van der Waals surface area contributed by atoms with Crippen molar-refractivity contribution in [3.63, 3.8) is 0 Å². The molecule has 0 saturated carbocycles. The van der Waals surface area contributed by atoms with Gasteiger partial charge in [0.05, 0.1) is 7.11 Å². The number of phenolic OH excluding ortho intramolecular Hbond substituents is 1. The summed E-state index contributed by atoms with van der Waals surface area (Å²) in [6, 6.07) is 15.8. The normalized spacial score (nSPS) is 11.7. The average Bonchev–Trinajstić information content (AvgIpc) is 2.48. The Labute approximate surface area is 117 Å². The zero-order valence-corrected chi connectivity index (χ0v) is 11.2. The fourth-order valence-corrected chi connectivity index (χ4v) is 1.88. The Morgan fingerprint density at radius 2 is 1.90 bits per heavy atom. The van der Waals surface area contributed by atoms with Crippen molar-refractivity contribution in [3.8, 4) is 11.5 Å². The van der Waals surface area contributed by atoms with Crippen LogP contribution in [0.25, 0.3) is 0 Å². The van der Waals surface area contributed by atoms with E-state index < -0.39 is 11.9 Å². The number of carbonyl (C=O) groups excluding carboxylic acids is 1. The molecule has 0 aliphatic carbocycles. The van der Waals surface area contributed by atoms with Crippen molar-refractivity contribution >= 4 is 5.97 Å². The zero-order valence-electron chi connectivity index (χ0n) is 11.2.